The van der Waals surface area contributed by atoms with E-state index in [1.54, 1.807) is 0 Å². The van der Waals surface area contributed by atoms with Gasteiger partial charge < -0.3 is 14.4 Å². The molecule has 3 nitrogen and oxygen atoms in total. The second kappa shape index (κ2) is 14.7. The molecule has 0 saturated heterocycles. The first-order chi connectivity index (χ1) is 33.3. The molecule has 1 aromatic heterocycles. The molecule has 0 amide bonds. The fourth-order valence-corrected chi connectivity index (χ4v) is 12.3. The van der Waals surface area contributed by atoms with Crippen LogP contribution in [0.2, 0.25) is 0 Å². The van der Waals surface area contributed by atoms with Crippen molar-refractivity contribution in [1.29, 1.82) is 0 Å². The highest BCUT2D eigenvalue weighted by Crippen LogP contribution is 2.57. The fourth-order valence-electron chi connectivity index (χ4n) is 12.3. The molecule has 0 radical (unpaired) electrons. The quantitative estimate of drug-likeness (QED) is 0.163. The van der Waals surface area contributed by atoms with Gasteiger partial charge in [-0.15, -0.1) is 0 Å². The molecule has 4 heteroatoms. The van der Waals surface area contributed by atoms with E-state index in [2.05, 4.69) is 264 Å². The molecule has 10 aromatic rings. The summed E-state index contributed by atoms with van der Waals surface area (Å²) in [7, 11) is 0. The summed E-state index contributed by atoms with van der Waals surface area (Å²) in [6.45, 7) is 18.7. The van der Waals surface area contributed by atoms with Crippen molar-refractivity contribution in [3.05, 3.63) is 222 Å². The van der Waals surface area contributed by atoms with Gasteiger partial charge in [-0.25, -0.2) is 0 Å². The lowest BCUT2D eigenvalue weighted by atomic mass is 9.30. The minimum absolute atomic E-state index is 0.00626. The molecule has 2 aliphatic heterocycles. The van der Waals surface area contributed by atoms with Gasteiger partial charge in [-0.1, -0.05) is 188 Å². The van der Waals surface area contributed by atoms with Crippen LogP contribution in [0.25, 0.3) is 55.1 Å². The summed E-state index contributed by atoms with van der Waals surface area (Å²) >= 11 is 0. The Kier molecular flexibility index (Phi) is 8.88. The first-order valence-electron chi connectivity index (χ1n) is 24.7. The molecule has 3 aliphatic rings. The second-order valence-corrected chi connectivity index (χ2v) is 22.2. The van der Waals surface area contributed by atoms with Gasteiger partial charge >= 0.3 is 0 Å². The molecule has 0 fully saturated rings. The molecule has 0 bridgehead atoms. The van der Waals surface area contributed by atoms with Crippen LogP contribution in [0.15, 0.2) is 200 Å². The van der Waals surface area contributed by atoms with Crippen LogP contribution >= 0.6 is 0 Å². The molecular weight excluding hydrogens is 834 g/mol. The summed E-state index contributed by atoms with van der Waals surface area (Å²) in [5, 5.41) is 5.16. The van der Waals surface area contributed by atoms with Crippen LogP contribution in [0.1, 0.15) is 77.6 Å². The third-order valence-electron chi connectivity index (χ3n) is 15.6. The van der Waals surface area contributed by atoms with E-state index in [0.29, 0.717) is 0 Å². The molecule has 334 valence electrons. The molecule has 1 aliphatic carbocycles. The molecular formula is C65H56BN3. The number of fused-ring (bicyclic) bond motifs is 10. The van der Waals surface area contributed by atoms with Crippen LogP contribution < -0.4 is 20.7 Å². The van der Waals surface area contributed by atoms with Gasteiger partial charge in [0.05, 0.1) is 11.0 Å². The number of aromatic nitrogens is 1. The summed E-state index contributed by atoms with van der Waals surface area (Å²) in [6.07, 6.45) is 0. The Bertz CT molecular complexity index is 3780. The first kappa shape index (κ1) is 41.6. The minimum atomic E-state index is -0.317. The van der Waals surface area contributed by atoms with E-state index in [1.807, 2.05) is 0 Å². The van der Waals surface area contributed by atoms with Gasteiger partial charge in [0.1, 0.15) is 0 Å². The molecule has 13 rings (SSSR count). The Hall–Kier alpha value is -7.56. The summed E-state index contributed by atoms with van der Waals surface area (Å²) in [5.41, 5.74) is 22.6. The molecule has 9 aromatic carbocycles. The van der Waals surface area contributed by atoms with Crippen LogP contribution in [-0.4, -0.2) is 11.3 Å². The van der Waals surface area contributed by atoms with Gasteiger partial charge in [-0.2, -0.15) is 0 Å². The number of para-hydroxylation sites is 2. The van der Waals surface area contributed by atoms with Gasteiger partial charge in [0.15, 0.2) is 0 Å². The van der Waals surface area contributed by atoms with E-state index in [0.717, 1.165) is 17.1 Å². The van der Waals surface area contributed by atoms with Gasteiger partial charge in [-0.05, 0) is 127 Å². The molecule has 0 atom stereocenters. The van der Waals surface area contributed by atoms with Crippen LogP contribution in [0.5, 0.6) is 0 Å². The highest BCUT2D eigenvalue weighted by atomic mass is 15.2. The Labute approximate surface area is 407 Å². The fraction of sp³-hybridized carbons (Fsp3) is 0.169. The monoisotopic (exact) mass is 889 g/mol. The number of allylic oxidation sites excluding steroid dienone is 1. The molecule has 69 heavy (non-hydrogen) atoms. The largest absolute Gasteiger partial charge is 0.311 e. The van der Waals surface area contributed by atoms with E-state index in [1.165, 1.54) is 105 Å². The Morgan fingerprint density at radius 1 is 0.435 bits per heavy atom. The zero-order chi connectivity index (χ0) is 47.1. The van der Waals surface area contributed by atoms with Crippen molar-refractivity contribution in [2.75, 3.05) is 9.80 Å². The van der Waals surface area contributed by atoms with Crippen LogP contribution in [-0.2, 0) is 16.2 Å². The molecule has 0 spiro atoms. The van der Waals surface area contributed by atoms with Crippen molar-refractivity contribution in [3.8, 4) is 16.8 Å². The first-order valence-corrected chi connectivity index (χ1v) is 24.7. The average Bonchev–Trinajstić information content (AvgIpc) is 3.81. The number of benzene rings is 9. The SMILES string of the molecule is CC(C)(C)c1ccc(-c2cccc(N3C4=C(B5c6ccc(-n7c8ccccc8c8cc(C(C)(C)C)ccc87)cc6N(c6ccccc6)c6cccc3c65)C(C)(C)c3c4ccc4ccccc34)c2)cc1. The van der Waals surface area contributed by atoms with Gasteiger partial charge in [-0.3, -0.25) is 0 Å². The Balaban J connectivity index is 1.08. The van der Waals surface area contributed by atoms with Crippen LogP contribution in [0, 0.1) is 0 Å². The zero-order valence-electron chi connectivity index (χ0n) is 40.9. The van der Waals surface area contributed by atoms with Crippen molar-refractivity contribution >= 4 is 84.4 Å². The maximum absolute atomic E-state index is 2.62. The van der Waals surface area contributed by atoms with Gasteiger partial charge in [0.25, 0.3) is 0 Å². The highest BCUT2D eigenvalue weighted by Gasteiger charge is 2.53. The summed E-state index contributed by atoms with van der Waals surface area (Å²) in [4.78, 5) is 5.16. The van der Waals surface area contributed by atoms with E-state index in [-0.39, 0.29) is 23.0 Å². The third kappa shape index (κ3) is 6.14. The summed E-state index contributed by atoms with van der Waals surface area (Å²) in [6, 6.07) is 73.6. The molecule has 0 saturated carbocycles. The van der Waals surface area contributed by atoms with E-state index < -0.39 is 0 Å². The Morgan fingerprint density at radius 2 is 1.09 bits per heavy atom. The predicted molar refractivity (Wildman–Crippen MR) is 296 cm³/mol. The van der Waals surface area contributed by atoms with Crippen molar-refractivity contribution in [3.63, 3.8) is 0 Å². The van der Waals surface area contributed by atoms with Crippen molar-refractivity contribution in [1.82, 2.24) is 4.57 Å². The lowest BCUT2D eigenvalue weighted by Crippen LogP contribution is -2.57. The number of anilines is 5. The van der Waals surface area contributed by atoms with Crippen LogP contribution in [0.3, 0.4) is 0 Å². The van der Waals surface area contributed by atoms with Crippen molar-refractivity contribution in [2.24, 2.45) is 0 Å². The number of rotatable bonds is 4. The van der Waals surface area contributed by atoms with Crippen LogP contribution in [0.4, 0.5) is 28.4 Å². The maximum Gasteiger partial charge on any atom is 0.248 e. The lowest BCUT2D eigenvalue weighted by Gasteiger charge is -2.46. The van der Waals surface area contributed by atoms with E-state index in [4.69, 9.17) is 0 Å². The molecule has 0 N–H and O–H groups in total. The van der Waals surface area contributed by atoms with Crippen molar-refractivity contribution in [2.45, 2.75) is 71.6 Å². The average molecular weight is 890 g/mol. The number of hydrogen-bond donors (Lipinski definition) is 0. The highest BCUT2D eigenvalue weighted by molar-refractivity contribution is 6.96. The smallest absolute Gasteiger partial charge is 0.248 e. The number of nitrogens with zero attached hydrogens (tertiary/aromatic N) is 3. The van der Waals surface area contributed by atoms with E-state index >= 15 is 0 Å². The second-order valence-electron chi connectivity index (χ2n) is 22.2. The minimum Gasteiger partial charge on any atom is -0.311 e. The lowest BCUT2D eigenvalue weighted by molar-refractivity contribution is 0.590. The normalized spacial score (nSPS) is 14.9. The summed E-state index contributed by atoms with van der Waals surface area (Å²) < 4.78 is 2.49. The Morgan fingerprint density at radius 3 is 1.86 bits per heavy atom. The number of hydrogen-bond acceptors (Lipinski definition) is 2. The zero-order valence-corrected chi connectivity index (χ0v) is 40.9. The predicted octanol–water partition coefficient (Wildman–Crippen LogP) is 16.0. The summed E-state index contributed by atoms with van der Waals surface area (Å²) in [5.74, 6) is 0. The third-order valence-corrected chi connectivity index (χ3v) is 15.6. The van der Waals surface area contributed by atoms with Gasteiger partial charge in [0, 0.05) is 61.6 Å². The standard InChI is InChI=1S/C65H56BN3/c1-63(2,3)44-31-28-41(29-32-44)43-19-16-22-47(38-43)69-57-27-17-26-56-60(57)66(62-61(69)51-35-30-42-18-12-13-23-49(42)59(51)65(62,7)8)53-36-34-48(40-58(53)67(56)46-20-10-9-11-21-46)68-54-25-15-14-24-50(54)52-39-45(64(4,5)6)33-37-55(52)68/h9-40H,1-8H3. The molecule has 3 heterocycles. The van der Waals surface area contributed by atoms with E-state index in [9.17, 15) is 0 Å². The maximum atomic E-state index is 2.62. The topological polar surface area (TPSA) is 11.4 Å². The molecule has 0 unspecified atom stereocenters. The van der Waals surface area contributed by atoms with Crippen molar-refractivity contribution < 1.29 is 0 Å². The van der Waals surface area contributed by atoms with Gasteiger partial charge in [0.2, 0.25) is 6.71 Å².